The van der Waals surface area contributed by atoms with Gasteiger partial charge in [-0.25, -0.2) is 4.98 Å². The molecule has 0 spiro atoms. The normalized spacial score (nSPS) is 16.7. The van der Waals surface area contributed by atoms with Gasteiger partial charge in [0.15, 0.2) is 0 Å². The fourth-order valence-corrected chi connectivity index (χ4v) is 3.00. The second kappa shape index (κ2) is 7.36. The highest BCUT2D eigenvalue weighted by molar-refractivity contribution is 5.64. The molecule has 1 aromatic heterocycles. The number of aromatic nitrogens is 2. The first-order chi connectivity index (χ1) is 12.1. The average molecular weight is 337 g/mol. The van der Waals surface area contributed by atoms with Crippen LogP contribution in [0.3, 0.4) is 0 Å². The number of nitrogens with zero attached hydrogens (tertiary/aromatic N) is 4. The fourth-order valence-electron chi connectivity index (χ4n) is 3.00. The molecule has 0 aliphatic carbocycles. The van der Waals surface area contributed by atoms with Gasteiger partial charge in [0.1, 0.15) is 5.82 Å². The van der Waals surface area contributed by atoms with Crippen molar-refractivity contribution in [2.24, 2.45) is 5.73 Å². The Balaban J connectivity index is 1.91. The lowest BCUT2D eigenvalue weighted by Crippen LogP contribution is -2.27. The summed E-state index contributed by atoms with van der Waals surface area (Å²) in [5, 5.41) is 12.3. The lowest BCUT2D eigenvalue weighted by molar-refractivity contribution is 0.751. The van der Waals surface area contributed by atoms with Crippen molar-refractivity contribution in [3.8, 4) is 6.07 Å². The molecule has 1 atom stereocenters. The van der Waals surface area contributed by atoms with Crippen molar-refractivity contribution in [2.45, 2.75) is 32.2 Å². The van der Waals surface area contributed by atoms with Gasteiger partial charge in [-0.05, 0) is 31.0 Å². The zero-order chi connectivity index (χ0) is 17.8. The summed E-state index contributed by atoms with van der Waals surface area (Å²) in [6, 6.07) is 9.46. The lowest BCUT2D eigenvalue weighted by atomic mass is 10.2. The second-order valence-corrected chi connectivity index (χ2v) is 6.37. The number of nitriles is 1. The number of hydrogen-bond acceptors (Lipinski definition) is 7. The number of benzene rings is 1. The van der Waals surface area contributed by atoms with Gasteiger partial charge in [0.2, 0.25) is 5.95 Å². The summed E-state index contributed by atoms with van der Waals surface area (Å²) in [6.45, 7) is 3.83. The second-order valence-electron chi connectivity index (χ2n) is 6.37. The minimum absolute atomic E-state index is 0.188. The first-order valence-corrected chi connectivity index (χ1v) is 8.53. The molecule has 5 N–H and O–H groups in total. The van der Waals surface area contributed by atoms with Gasteiger partial charge in [0.05, 0.1) is 11.6 Å². The van der Waals surface area contributed by atoms with Crippen LogP contribution in [-0.4, -0.2) is 29.1 Å². The Morgan fingerprint density at radius 3 is 2.84 bits per heavy atom. The first kappa shape index (κ1) is 17.0. The number of hydrogen-bond donors (Lipinski definition) is 3. The summed E-state index contributed by atoms with van der Waals surface area (Å²) in [5.41, 5.74) is 14.6. The van der Waals surface area contributed by atoms with Crippen LogP contribution in [-0.2, 0) is 6.42 Å². The van der Waals surface area contributed by atoms with Gasteiger partial charge in [-0.2, -0.15) is 10.2 Å². The number of nitrogen functional groups attached to an aromatic ring is 1. The molecule has 2 aromatic rings. The van der Waals surface area contributed by atoms with Crippen LogP contribution in [0.15, 0.2) is 24.3 Å². The Kier molecular flexibility index (Phi) is 5.00. The zero-order valence-corrected chi connectivity index (χ0v) is 14.4. The van der Waals surface area contributed by atoms with E-state index in [2.05, 4.69) is 33.2 Å². The molecular formula is C18H23N7. The third-order valence-corrected chi connectivity index (χ3v) is 4.16. The van der Waals surface area contributed by atoms with E-state index < -0.39 is 0 Å². The highest BCUT2D eigenvalue weighted by Gasteiger charge is 2.21. The quantitative estimate of drug-likeness (QED) is 0.716. The van der Waals surface area contributed by atoms with Gasteiger partial charge in [0, 0.05) is 42.3 Å². The van der Waals surface area contributed by atoms with E-state index in [-0.39, 0.29) is 6.04 Å². The fraction of sp³-hybridized carbons (Fsp3) is 0.389. The molecule has 1 aromatic carbocycles. The van der Waals surface area contributed by atoms with Crippen molar-refractivity contribution in [1.29, 1.82) is 5.26 Å². The van der Waals surface area contributed by atoms with Crippen molar-refractivity contribution in [3.63, 3.8) is 0 Å². The van der Waals surface area contributed by atoms with Crippen LogP contribution in [0.2, 0.25) is 0 Å². The largest absolute Gasteiger partial charge is 0.399 e. The summed E-state index contributed by atoms with van der Waals surface area (Å²) >= 11 is 0. The average Bonchev–Trinajstić information content (AvgIpc) is 3.01. The van der Waals surface area contributed by atoms with Crippen LogP contribution in [0, 0.1) is 11.3 Å². The highest BCUT2D eigenvalue weighted by atomic mass is 15.2. The molecule has 1 aliphatic rings. The number of nitrogens with one attached hydrogen (secondary N) is 1. The molecular weight excluding hydrogens is 314 g/mol. The van der Waals surface area contributed by atoms with E-state index in [1.165, 1.54) is 0 Å². The predicted octanol–water partition coefficient (Wildman–Crippen LogP) is 2.16. The number of nitrogens with two attached hydrogens (primary N) is 2. The minimum Gasteiger partial charge on any atom is -0.399 e. The molecule has 7 nitrogen and oxygen atoms in total. The lowest BCUT2D eigenvalue weighted by Gasteiger charge is -2.19. The summed E-state index contributed by atoms with van der Waals surface area (Å²) in [4.78, 5) is 11.4. The molecule has 1 saturated heterocycles. The molecule has 2 heterocycles. The molecule has 0 amide bonds. The molecule has 130 valence electrons. The Labute approximate surface area is 147 Å². The molecule has 0 bridgehead atoms. The van der Waals surface area contributed by atoms with Gasteiger partial charge in [0.25, 0.3) is 0 Å². The molecule has 7 heteroatoms. The third kappa shape index (κ3) is 4.17. The molecule has 25 heavy (non-hydrogen) atoms. The van der Waals surface area contributed by atoms with E-state index in [1.807, 2.05) is 6.07 Å². The topological polar surface area (TPSA) is 117 Å². The van der Waals surface area contributed by atoms with E-state index in [4.69, 9.17) is 16.7 Å². The maximum absolute atomic E-state index is 9.10. The van der Waals surface area contributed by atoms with Crippen LogP contribution in [0.5, 0.6) is 0 Å². The van der Waals surface area contributed by atoms with E-state index in [0.29, 0.717) is 22.9 Å². The minimum atomic E-state index is 0.188. The number of anilines is 4. The number of rotatable bonds is 5. The van der Waals surface area contributed by atoms with Crippen molar-refractivity contribution < 1.29 is 0 Å². The van der Waals surface area contributed by atoms with E-state index >= 15 is 0 Å². The molecule has 0 radical (unpaired) electrons. The van der Waals surface area contributed by atoms with Gasteiger partial charge in [-0.1, -0.05) is 13.3 Å². The standard InChI is InChI=1S/C18H23N7/c1-2-3-15-9-17(25-5-4-13(20)11-25)24-18(22-15)23-16-7-12(10-19)6-14(21)8-16/h6-9,13H,2-5,11,20-21H2,1H3,(H,22,23,24)/t13-/m0/s1. The molecule has 0 unspecified atom stereocenters. The smallest absolute Gasteiger partial charge is 0.229 e. The SMILES string of the molecule is CCCc1cc(N2CC[C@H](N)C2)nc(Nc2cc(N)cc(C#N)c2)n1. The third-order valence-electron chi connectivity index (χ3n) is 4.16. The summed E-state index contributed by atoms with van der Waals surface area (Å²) in [7, 11) is 0. The van der Waals surface area contributed by atoms with E-state index in [0.717, 1.165) is 43.9 Å². The van der Waals surface area contributed by atoms with Crippen molar-refractivity contribution in [1.82, 2.24) is 9.97 Å². The summed E-state index contributed by atoms with van der Waals surface area (Å²) < 4.78 is 0. The van der Waals surface area contributed by atoms with Crippen molar-refractivity contribution in [2.75, 3.05) is 29.0 Å². The van der Waals surface area contributed by atoms with Crippen LogP contribution < -0.4 is 21.7 Å². The van der Waals surface area contributed by atoms with Gasteiger partial charge in [-0.15, -0.1) is 0 Å². The van der Waals surface area contributed by atoms with Crippen molar-refractivity contribution >= 4 is 23.1 Å². The summed E-state index contributed by atoms with van der Waals surface area (Å²) in [5.74, 6) is 1.40. The van der Waals surface area contributed by atoms with Gasteiger partial charge in [-0.3, -0.25) is 0 Å². The van der Waals surface area contributed by atoms with Gasteiger partial charge < -0.3 is 21.7 Å². The Hall–Kier alpha value is -2.85. The van der Waals surface area contributed by atoms with Crippen molar-refractivity contribution in [3.05, 3.63) is 35.5 Å². The number of aryl methyl sites for hydroxylation is 1. The van der Waals surface area contributed by atoms with Crippen LogP contribution >= 0.6 is 0 Å². The highest BCUT2D eigenvalue weighted by Crippen LogP contribution is 2.24. The van der Waals surface area contributed by atoms with Gasteiger partial charge >= 0.3 is 0 Å². The Morgan fingerprint density at radius 1 is 1.32 bits per heavy atom. The van der Waals surface area contributed by atoms with Crippen LogP contribution in [0.25, 0.3) is 0 Å². The molecule has 1 fully saturated rings. The zero-order valence-electron chi connectivity index (χ0n) is 14.4. The van der Waals surface area contributed by atoms with E-state index in [1.54, 1.807) is 18.2 Å². The molecule has 0 saturated carbocycles. The van der Waals surface area contributed by atoms with E-state index in [9.17, 15) is 0 Å². The maximum atomic E-state index is 9.10. The van der Waals surface area contributed by atoms with Crippen LogP contribution in [0.4, 0.5) is 23.1 Å². The molecule has 1 aliphatic heterocycles. The Morgan fingerprint density at radius 2 is 2.16 bits per heavy atom. The Bertz CT molecular complexity index is 796. The summed E-state index contributed by atoms with van der Waals surface area (Å²) in [6.07, 6.45) is 2.85. The predicted molar refractivity (Wildman–Crippen MR) is 99.7 cm³/mol. The van der Waals surface area contributed by atoms with Crippen LogP contribution in [0.1, 0.15) is 31.0 Å². The monoisotopic (exact) mass is 337 g/mol. The molecule has 3 rings (SSSR count). The first-order valence-electron chi connectivity index (χ1n) is 8.53. The maximum Gasteiger partial charge on any atom is 0.229 e.